The maximum absolute atomic E-state index is 13.7. The van der Waals surface area contributed by atoms with Crippen LogP contribution in [0.5, 0.6) is 5.75 Å². The van der Waals surface area contributed by atoms with Crippen molar-refractivity contribution in [2.75, 3.05) is 6.61 Å². The number of esters is 2. The first-order chi connectivity index (χ1) is 16.1. The topological polar surface area (TPSA) is 110 Å². The lowest BCUT2D eigenvalue weighted by atomic mass is 9.58. The molecule has 2 aliphatic rings. The molecular weight excluding hydrogens is 436 g/mol. The highest BCUT2D eigenvalue weighted by Gasteiger charge is 2.69. The number of benzene rings is 2. The Balaban J connectivity index is 1.85. The molecule has 0 saturated heterocycles. The number of phenolic OH excluding ortho intramolecular Hbond substituents is 1. The number of Topliss-reactive ketones (excluding diaryl/α,β-unsaturated/α-hetero) is 1. The number of carbonyl (C=O) groups excluding carboxylic acids is 3. The minimum atomic E-state index is -1.53. The molecule has 0 unspecified atom stereocenters. The Morgan fingerprint density at radius 1 is 1.09 bits per heavy atom. The molecule has 0 heterocycles. The number of aromatic hydroxyl groups is 1. The largest absolute Gasteiger partial charge is 0.508 e. The van der Waals surface area contributed by atoms with Gasteiger partial charge in [0.15, 0.2) is 12.2 Å². The van der Waals surface area contributed by atoms with Crippen molar-refractivity contribution in [2.24, 2.45) is 11.3 Å². The van der Waals surface area contributed by atoms with E-state index in [1.54, 1.807) is 32.0 Å². The second-order valence-electron chi connectivity index (χ2n) is 9.80. The Labute approximate surface area is 199 Å². The number of fused-ring (bicyclic) bond motifs is 5. The number of rotatable bonds is 6. The summed E-state index contributed by atoms with van der Waals surface area (Å²) in [7, 11) is 0. The molecule has 2 aliphatic carbocycles. The van der Waals surface area contributed by atoms with Crippen LogP contribution in [0.4, 0.5) is 0 Å². The number of phenols is 1. The summed E-state index contributed by atoms with van der Waals surface area (Å²) in [5, 5.41) is 22.9. The van der Waals surface area contributed by atoms with Gasteiger partial charge in [-0.15, -0.1) is 0 Å². The van der Waals surface area contributed by atoms with E-state index < -0.39 is 41.4 Å². The van der Waals surface area contributed by atoms with E-state index in [1.807, 2.05) is 26.0 Å². The molecule has 2 aromatic rings. The lowest BCUT2D eigenvalue weighted by molar-refractivity contribution is -0.192. The number of hydrogen-bond acceptors (Lipinski definition) is 7. The predicted octanol–water partition coefficient (Wildman–Crippen LogP) is 4.33. The summed E-state index contributed by atoms with van der Waals surface area (Å²) in [4.78, 5) is 38.1. The fraction of sp³-hybridized carbons (Fsp3) is 0.519. The van der Waals surface area contributed by atoms with Crippen LogP contribution in [0, 0.1) is 11.3 Å². The van der Waals surface area contributed by atoms with Crippen molar-refractivity contribution in [3.8, 4) is 5.75 Å². The summed E-state index contributed by atoms with van der Waals surface area (Å²) in [6.45, 7) is 6.63. The average molecular weight is 469 g/mol. The van der Waals surface area contributed by atoms with Gasteiger partial charge in [0.1, 0.15) is 5.75 Å². The monoisotopic (exact) mass is 468 g/mol. The van der Waals surface area contributed by atoms with E-state index in [4.69, 9.17) is 9.47 Å². The Hall–Kier alpha value is -2.93. The number of ether oxygens (including phenoxy) is 2. The van der Waals surface area contributed by atoms with Gasteiger partial charge in [-0.1, -0.05) is 45.9 Å². The maximum Gasteiger partial charge on any atom is 0.306 e. The zero-order chi connectivity index (χ0) is 24.8. The molecule has 7 nitrogen and oxygen atoms in total. The van der Waals surface area contributed by atoms with Crippen LogP contribution in [0.3, 0.4) is 0 Å². The smallest absolute Gasteiger partial charge is 0.306 e. The molecule has 182 valence electrons. The van der Waals surface area contributed by atoms with Gasteiger partial charge >= 0.3 is 11.9 Å². The van der Waals surface area contributed by atoms with Crippen molar-refractivity contribution in [3.63, 3.8) is 0 Å². The second-order valence-corrected chi connectivity index (χ2v) is 9.80. The molecule has 5 atom stereocenters. The summed E-state index contributed by atoms with van der Waals surface area (Å²) in [5.74, 6) is -1.81. The van der Waals surface area contributed by atoms with Gasteiger partial charge < -0.3 is 19.7 Å². The second kappa shape index (κ2) is 8.69. The minimum absolute atomic E-state index is 0.102. The molecule has 1 fully saturated rings. The zero-order valence-corrected chi connectivity index (χ0v) is 20.1. The van der Waals surface area contributed by atoms with Gasteiger partial charge in [-0.05, 0) is 52.8 Å². The lowest BCUT2D eigenvalue weighted by Gasteiger charge is -2.49. The van der Waals surface area contributed by atoms with E-state index >= 15 is 0 Å². The third kappa shape index (κ3) is 3.49. The molecule has 2 aromatic carbocycles. The fourth-order valence-corrected chi connectivity index (χ4v) is 6.38. The summed E-state index contributed by atoms with van der Waals surface area (Å²) in [6, 6.07) is 8.90. The highest BCUT2D eigenvalue weighted by Crippen LogP contribution is 2.66. The van der Waals surface area contributed by atoms with Crippen molar-refractivity contribution in [3.05, 3.63) is 41.5 Å². The summed E-state index contributed by atoms with van der Waals surface area (Å²) in [5.41, 5.74) is -0.723. The van der Waals surface area contributed by atoms with Gasteiger partial charge in [0.25, 0.3) is 0 Å². The summed E-state index contributed by atoms with van der Waals surface area (Å²) < 4.78 is 11.2. The summed E-state index contributed by atoms with van der Waals surface area (Å²) >= 11 is 0. The number of aliphatic hydroxyl groups is 1. The van der Waals surface area contributed by atoms with E-state index in [1.165, 1.54) is 0 Å². The first-order valence-corrected chi connectivity index (χ1v) is 11.9. The molecule has 0 bridgehead atoms. The Morgan fingerprint density at radius 2 is 1.79 bits per heavy atom. The number of carbonyl (C=O) groups is 3. The van der Waals surface area contributed by atoms with E-state index in [2.05, 4.69) is 0 Å². The quantitative estimate of drug-likeness (QED) is 0.607. The molecule has 0 aromatic heterocycles. The van der Waals surface area contributed by atoms with Crippen molar-refractivity contribution >= 4 is 28.5 Å². The third-order valence-electron chi connectivity index (χ3n) is 7.94. The van der Waals surface area contributed by atoms with E-state index in [9.17, 15) is 24.6 Å². The van der Waals surface area contributed by atoms with Crippen molar-refractivity contribution < 1.29 is 34.1 Å². The molecule has 4 rings (SSSR count). The van der Waals surface area contributed by atoms with Crippen LogP contribution in [-0.4, -0.2) is 40.1 Å². The van der Waals surface area contributed by atoms with Gasteiger partial charge in [0.05, 0.1) is 6.10 Å². The number of hydrogen-bond donors (Lipinski definition) is 2. The van der Waals surface area contributed by atoms with E-state index in [-0.39, 0.29) is 36.8 Å². The molecule has 0 spiro atoms. The Kier molecular flexibility index (Phi) is 6.19. The van der Waals surface area contributed by atoms with Crippen LogP contribution in [0.15, 0.2) is 30.3 Å². The minimum Gasteiger partial charge on any atom is -0.508 e. The molecule has 0 amide bonds. The first-order valence-electron chi connectivity index (χ1n) is 11.9. The van der Waals surface area contributed by atoms with Crippen LogP contribution in [0.1, 0.15) is 76.5 Å². The van der Waals surface area contributed by atoms with Crippen molar-refractivity contribution in [1.82, 2.24) is 0 Å². The molecule has 2 N–H and O–H groups in total. The SMILES string of the molecule is CCC(=O)OCC(=O)[C@]1(OC(=O)CC)[C@H](C)C[C@H]2c3ccc4cc(O)ccc4c3[C@@H](O)C[C@@]21C. The van der Waals surface area contributed by atoms with Crippen molar-refractivity contribution in [1.29, 1.82) is 0 Å². The predicted molar refractivity (Wildman–Crippen MR) is 125 cm³/mol. The molecule has 34 heavy (non-hydrogen) atoms. The third-order valence-corrected chi connectivity index (χ3v) is 7.94. The molecule has 0 radical (unpaired) electrons. The Bertz CT molecular complexity index is 1160. The first kappa shape index (κ1) is 24.2. The van der Waals surface area contributed by atoms with Gasteiger partial charge in [0, 0.05) is 24.2 Å². The normalized spacial score (nSPS) is 29.9. The van der Waals surface area contributed by atoms with Gasteiger partial charge in [0.2, 0.25) is 5.78 Å². The van der Waals surface area contributed by atoms with Crippen LogP contribution in [-0.2, 0) is 23.9 Å². The van der Waals surface area contributed by atoms with E-state index in [0.717, 1.165) is 21.9 Å². The molecular formula is C27H32O7. The lowest BCUT2D eigenvalue weighted by Crippen LogP contribution is -2.59. The highest BCUT2D eigenvalue weighted by atomic mass is 16.6. The number of aliphatic hydroxyl groups excluding tert-OH is 1. The van der Waals surface area contributed by atoms with Crippen LogP contribution in [0.25, 0.3) is 10.8 Å². The van der Waals surface area contributed by atoms with E-state index in [0.29, 0.717) is 6.42 Å². The summed E-state index contributed by atoms with van der Waals surface area (Å²) in [6.07, 6.45) is 0.119. The van der Waals surface area contributed by atoms with Gasteiger partial charge in [-0.2, -0.15) is 0 Å². The Morgan fingerprint density at radius 3 is 2.47 bits per heavy atom. The zero-order valence-electron chi connectivity index (χ0n) is 20.1. The number of ketones is 1. The standard InChI is InChI=1S/C27H32O7/c1-5-23(31)33-14-22(30)27(34-24(32)6-2)15(3)11-20-19-9-7-16-12-17(28)8-10-18(16)25(19)21(29)13-26(20,27)4/h7-10,12,15,20-21,28-29H,5-6,11,13-14H2,1-4H3/t15-,20+,21+,26+,27-/m1/s1. The van der Waals surface area contributed by atoms with Gasteiger partial charge in [-0.25, -0.2) is 0 Å². The highest BCUT2D eigenvalue weighted by molar-refractivity contribution is 5.94. The molecule has 7 heteroatoms. The van der Waals surface area contributed by atoms with Crippen molar-refractivity contribution in [2.45, 2.75) is 71.0 Å². The maximum atomic E-state index is 13.7. The van der Waals surface area contributed by atoms with Crippen LogP contribution in [0.2, 0.25) is 0 Å². The fourth-order valence-electron chi connectivity index (χ4n) is 6.38. The van der Waals surface area contributed by atoms with Gasteiger partial charge in [-0.3, -0.25) is 14.4 Å². The van der Waals surface area contributed by atoms with Crippen LogP contribution < -0.4 is 0 Å². The molecule has 1 saturated carbocycles. The molecule has 0 aliphatic heterocycles. The van der Waals surface area contributed by atoms with Crippen LogP contribution >= 0.6 is 0 Å². The average Bonchev–Trinajstić information content (AvgIpc) is 3.03.